The van der Waals surface area contributed by atoms with E-state index in [0.29, 0.717) is 6.42 Å². The van der Waals surface area contributed by atoms with Crippen LogP contribution in [-0.2, 0) is 6.42 Å². The first-order valence-electron chi connectivity index (χ1n) is 3.81. The van der Waals surface area contributed by atoms with Crippen molar-refractivity contribution >= 4 is 11.3 Å². The van der Waals surface area contributed by atoms with Crippen molar-refractivity contribution in [2.75, 3.05) is 0 Å². The summed E-state index contributed by atoms with van der Waals surface area (Å²) in [6, 6.07) is 0. The van der Waals surface area contributed by atoms with Crippen LogP contribution in [0.2, 0.25) is 0 Å². The second-order valence-electron chi connectivity index (χ2n) is 2.65. The lowest BCUT2D eigenvalue weighted by molar-refractivity contribution is 0.170. The van der Waals surface area contributed by atoms with Gasteiger partial charge < -0.3 is 5.11 Å². The average Bonchev–Trinajstić information content (AvgIpc) is 2.35. The van der Waals surface area contributed by atoms with Crippen molar-refractivity contribution in [1.82, 2.24) is 4.98 Å². The number of nitrogens with zero attached hydrogens (tertiary/aromatic N) is 1. The Morgan fingerprint density at radius 1 is 1.73 bits per heavy atom. The van der Waals surface area contributed by atoms with E-state index in [1.807, 2.05) is 19.2 Å². The molecular formula is C8H13NOS. The van der Waals surface area contributed by atoms with Gasteiger partial charge in [0, 0.05) is 17.5 Å². The SMILES string of the molecule is CCC(O)Cc1nc(C)cs1. The molecule has 1 aromatic rings. The summed E-state index contributed by atoms with van der Waals surface area (Å²) in [5.74, 6) is 0. The first-order chi connectivity index (χ1) is 5.22. The maximum atomic E-state index is 9.29. The molecule has 62 valence electrons. The van der Waals surface area contributed by atoms with E-state index in [0.717, 1.165) is 17.1 Å². The molecule has 0 aliphatic heterocycles. The first kappa shape index (κ1) is 8.68. The fraction of sp³-hybridized carbons (Fsp3) is 0.625. The van der Waals surface area contributed by atoms with Gasteiger partial charge in [-0.05, 0) is 13.3 Å². The van der Waals surface area contributed by atoms with Crippen molar-refractivity contribution < 1.29 is 5.11 Å². The van der Waals surface area contributed by atoms with Gasteiger partial charge in [-0.25, -0.2) is 4.98 Å². The summed E-state index contributed by atoms with van der Waals surface area (Å²) in [7, 11) is 0. The molecular weight excluding hydrogens is 158 g/mol. The summed E-state index contributed by atoms with van der Waals surface area (Å²) in [5, 5.41) is 12.3. The summed E-state index contributed by atoms with van der Waals surface area (Å²) in [6.07, 6.45) is 1.29. The molecule has 0 fully saturated rings. The number of thiazole rings is 1. The van der Waals surface area contributed by atoms with Gasteiger partial charge in [-0.3, -0.25) is 0 Å². The highest BCUT2D eigenvalue weighted by molar-refractivity contribution is 7.09. The molecule has 1 N–H and O–H groups in total. The number of hydrogen-bond acceptors (Lipinski definition) is 3. The van der Waals surface area contributed by atoms with Gasteiger partial charge in [0.15, 0.2) is 0 Å². The van der Waals surface area contributed by atoms with Crippen molar-refractivity contribution in [3.63, 3.8) is 0 Å². The Hall–Kier alpha value is -0.410. The molecule has 1 atom stereocenters. The maximum Gasteiger partial charge on any atom is 0.0953 e. The molecule has 1 unspecified atom stereocenters. The normalized spacial score (nSPS) is 13.4. The van der Waals surface area contributed by atoms with E-state index in [1.54, 1.807) is 11.3 Å². The Balaban J connectivity index is 2.50. The molecule has 0 radical (unpaired) electrons. The molecule has 0 saturated carbocycles. The summed E-state index contributed by atoms with van der Waals surface area (Å²) in [4.78, 5) is 4.26. The van der Waals surface area contributed by atoms with E-state index in [9.17, 15) is 5.11 Å². The Labute approximate surface area is 70.9 Å². The van der Waals surface area contributed by atoms with Gasteiger partial charge >= 0.3 is 0 Å². The van der Waals surface area contributed by atoms with Gasteiger partial charge in [0.05, 0.1) is 11.1 Å². The van der Waals surface area contributed by atoms with Crippen LogP contribution in [0.4, 0.5) is 0 Å². The lowest BCUT2D eigenvalue weighted by atomic mass is 10.2. The van der Waals surface area contributed by atoms with Crippen molar-refractivity contribution in [2.45, 2.75) is 32.8 Å². The van der Waals surface area contributed by atoms with Gasteiger partial charge in [0.2, 0.25) is 0 Å². The summed E-state index contributed by atoms with van der Waals surface area (Å²) < 4.78 is 0. The fourth-order valence-corrected chi connectivity index (χ4v) is 1.69. The smallest absolute Gasteiger partial charge is 0.0953 e. The molecule has 2 nitrogen and oxygen atoms in total. The van der Waals surface area contributed by atoms with Crippen LogP contribution in [0.5, 0.6) is 0 Å². The van der Waals surface area contributed by atoms with E-state index in [1.165, 1.54) is 0 Å². The number of hydrogen-bond donors (Lipinski definition) is 1. The van der Waals surface area contributed by atoms with E-state index in [4.69, 9.17) is 0 Å². The second-order valence-corrected chi connectivity index (χ2v) is 3.59. The third-order valence-electron chi connectivity index (χ3n) is 1.55. The Morgan fingerprint density at radius 2 is 2.45 bits per heavy atom. The zero-order valence-electron chi connectivity index (χ0n) is 6.87. The summed E-state index contributed by atoms with van der Waals surface area (Å²) in [5.41, 5.74) is 1.05. The number of aryl methyl sites for hydroxylation is 1. The Kier molecular flexibility index (Phi) is 3.02. The molecule has 11 heavy (non-hydrogen) atoms. The predicted octanol–water partition coefficient (Wildman–Crippen LogP) is 1.76. The average molecular weight is 171 g/mol. The van der Waals surface area contributed by atoms with Crippen LogP contribution in [-0.4, -0.2) is 16.2 Å². The van der Waals surface area contributed by atoms with Crippen LogP contribution in [0.25, 0.3) is 0 Å². The highest BCUT2D eigenvalue weighted by Gasteiger charge is 2.04. The number of aromatic nitrogens is 1. The monoisotopic (exact) mass is 171 g/mol. The minimum Gasteiger partial charge on any atom is -0.393 e. The van der Waals surface area contributed by atoms with Gasteiger partial charge in [-0.1, -0.05) is 6.92 Å². The van der Waals surface area contributed by atoms with Crippen LogP contribution in [0.15, 0.2) is 5.38 Å². The summed E-state index contributed by atoms with van der Waals surface area (Å²) >= 11 is 1.62. The molecule has 0 amide bonds. The molecule has 1 rings (SSSR count). The van der Waals surface area contributed by atoms with E-state index >= 15 is 0 Å². The largest absolute Gasteiger partial charge is 0.393 e. The third kappa shape index (κ3) is 2.60. The molecule has 1 aromatic heterocycles. The Morgan fingerprint density at radius 3 is 2.91 bits per heavy atom. The fourth-order valence-electron chi connectivity index (χ4n) is 0.842. The maximum absolute atomic E-state index is 9.29. The van der Waals surface area contributed by atoms with Crippen molar-refractivity contribution in [1.29, 1.82) is 0 Å². The molecule has 0 saturated heterocycles. The topological polar surface area (TPSA) is 33.1 Å². The molecule has 0 spiro atoms. The van der Waals surface area contributed by atoms with Crippen LogP contribution in [0.1, 0.15) is 24.0 Å². The predicted molar refractivity (Wildman–Crippen MR) is 46.9 cm³/mol. The number of aliphatic hydroxyl groups excluding tert-OH is 1. The molecule has 0 aromatic carbocycles. The standard InChI is InChI=1S/C8H13NOS/c1-3-7(10)4-8-9-6(2)5-11-8/h5,7,10H,3-4H2,1-2H3. The molecule has 0 bridgehead atoms. The minimum absolute atomic E-state index is 0.222. The van der Waals surface area contributed by atoms with Gasteiger partial charge in [-0.15, -0.1) is 11.3 Å². The lowest BCUT2D eigenvalue weighted by Crippen LogP contribution is -2.07. The number of rotatable bonds is 3. The van der Waals surface area contributed by atoms with Gasteiger partial charge in [-0.2, -0.15) is 0 Å². The van der Waals surface area contributed by atoms with E-state index < -0.39 is 0 Å². The van der Waals surface area contributed by atoms with Gasteiger partial charge in [0.1, 0.15) is 0 Å². The summed E-state index contributed by atoms with van der Waals surface area (Å²) in [6.45, 7) is 3.95. The Bertz CT molecular complexity index is 222. The molecule has 3 heteroatoms. The zero-order valence-corrected chi connectivity index (χ0v) is 7.69. The molecule has 0 aliphatic carbocycles. The second kappa shape index (κ2) is 3.83. The highest BCUT2D eigenvalue weighted by atomic mass is 32.1. The number of aliphatic hydroxyl groups is 1. The van der Waals surface area contributed by atoms with Crippen LogP contribution in [0.3, 0.4) is 0 Å². The molecule has 0 aliphatic rings. The van der Waals surface area contributed by atoms with Crippen molar-refractivity contribution in [2.24, 2.45) is 0 Å². The van der Waals surface area contributed by atoms with Crippen LogP contribution in [0, 0.1) is 6.92 Å². The van der Waals surface area contributed by atoms with E-state index in [-0.39, 0.29) is 6.10 Å². The lowest BCUT2D eigenvalue weighted by Gasteiger charge is -2.02. The minimum atomic E-state index is -0.222. The van der Waals surface area contributed by atoms with Crippen molar-refractivity contribution in [3.8, 4) is 0 Å². The zero-order chi connectivity index (χ0) is 8.27. The van der Waals surface area contributed by atoms with Gasteiger partial charge in [0.25, 0.3) is 0 Å². The van der Waals surface area contributed by atoms with Crippen LogP contribution < -0.4 is 0 Å². The third-order valence-corrected chi connectivity index (χ3v) is 2.54. The van der Waals surface area contributed by atoms with Crippen LogP contribution >= 0.6 is 11.3 Å². The van der Waals surface area contributed by atoms with Crippen molar-refractivity contribution in [3.05, 3.63) is 16.1 Å². The molecule has 1 heterocycles. The first-order valence-corrected chi connectivity index (χ1v) is 4.69. The highest BCUT2D eigenvalue weighted by Crippen LogP contribution is 2.11. The quantitative estimate of drug-likeness (QED) is 0.751. The van der Waals surface area contributed by atoms with E-state index in [2.05, 4.69) is 4.98 Å².